The molecule has 0 aliphatic carbocycles. The normalized spacial score (nSPS) is 13.4. The second-order valence-corrected chi connectivity index (χ2v) is 12.9. The third-order valence-electron chi connectivity index (χ3n) is 8.79. The van der Waals surface area contributed by atoms with E-state index in [-0.39, 0.29) is 18.0 Å². The molecule has 0 unspecified atom stereocenters. The van der Waals surface area contributed by atoms with E-state index in [0.717, 1.165) is 22.5 Å². The molecule has 4 aromatic carbocycles. The number of morpholine rings is 2. The lowest BCUT2D eigenvalue weighted by molar-refractivity contribution is 0.0548. The van der Waals surface area contributed by atoms with Gasteiger partial charge in [0.05, 0.1) is 72.5 Å². The zero-order valence-electron chi connectivity index (χ0n) is 32.6. The topological polar surface area (TPSA) is 145 Å². The van der Waals surface area contributed by atoms with Crippen molar-refractivity contribution in [3.8, 4) is 11.5 Å². The maximum Gasteiger partial charge on any atom is 0.337 e. The third-order valence-corrected chi connectivity index (χ3v) is 9.40. The van der Waals surface area contributed by atoms with Crippen molar-refractivity contribution in [2.45, 2.75) is 11.9 Å². The Hall–Kier alpha value is -5.64. The molecule has 14 nitrogen and oxygen atoms in total. The number of ether oxygens (including phenoxy) is 6. The maximum atomic E-state index is 13.2. The van der Waals surface area contributed by atoms with E-state index in [2.05, 4.69) is 26.0 Å². The number of urea groups is 2. The van der Waals surface area contributed by atoms with Crippen molar-refractivity contribution in [1.82, 2.24) is 9.80 Å². The smallest absolute Gasteiger partial charge is 0.337 e. The van der Waals surface area contributed by atoms with E-state index in [1.54, 1.807) is 52.1 Å². The Morgan fingerprint density at radius 2 is 1.12 bits per heavy atom. The van der Waals surface area contributed by atoms with Crippen LogP contribution in [0, 0.1) is 0 Å². The fourth-order valence-corrected chi connectivity index (χ4v) is 6.15. The van der Waals surface area contributed by atoms with E-state index in [1.807, 2.05) is 66.7 Å². The first-order valence-electron chi connectivity index (χ1n) is 18.2. The zero-order chi connectivity index (χ0) is 41.0. The molecular formula is C42H49BrN4O10. The number of amides is 4. The van der Waals surface area contributed by atoms with Crippen LogP contribution in [0.2, 0.25) is 0 Å². The minimum Gasteiger partial charge on any atom is -0.496 e. The highest BCUT2D eigenvalue weighted by molar-refractivity contribution is 9.08. The molecule has 1 N–H and O–H groups in total. The molecule has 0 atom stereocenters. The van der Waals surface area contributed by atoms with E-state index in [9.17, 15) is 19.2 Å². The predicted octanol–water partition coefficient (Wildman–Crippen LogP) is 6.87. The number of rotatable bonds is 9. The van der Waals surface area contributed by atoms with Gasteiger partial charge in [-0.05, 0) is 48.5 Å². The first kappa shape index (κ1) is 44.1. The Labute approximate surface area is 341 Å². The Balaban J connectivity index is 0.000000209. The molecule has 0 bridgehead atoms. The van der Waals surface area contributed by atoms with Crippen LogP contribution in [-0.4, -0.2) is 115 Å². The van der Waals surface area contributed by atoms with Gasteiger partial charge in [-0.25, -0.2) is 19.2 Å². The van der Waals surface area contributed by atoms with Crippen molar-refractivity contribution < 1.29 is 47.6 Å². The number of esters is 2. The van der Waals surface area contributed by atoms with Gasteiger partial charge in [-0.3, -0.25) is 4.90 Å². The summed E-state index contributed by atoms with van der Waals surface area (Å²) in [6, 6.07) is 29.1. The second-order valence-electron chi connectivity index (χ2n) is 12.4. The van der Waals surface area contributed by atoms with Crippen LogP contribution in [0.25, 0.3) is 0 Å². The van der Waals surface area contributed by atoms with Crippen LogP contribution in [0.15, 0.2) is 97.1 Å². The molecule has 2 saturated heterocycles. The van der Waals surface area contributed by atoms with E-state index < -0.39 is 5.97 Å². The summed E-state index contributed by atoms with van der Waals surface area (Å²) >= 11 is 3.33. The molecule has 2 heterocycles. The number of hydrogen-bond acceptors (Lipinski definition) is 10. The number of halogens is 1. The van der Waals surface area contributed by atoms with Crippen molar-refractivity contribution in [1.29, 1.82) is 0 Å². The number of alkyl halides is 1. The quantitative estimate of drug-likeness (QED) is 0.140. The van der Waals surface area contributed by atoms with Gasteiger partial charge >= 0.3 is 24.0 Å². The van der Waals surface area contributed by atoms with Gasteiger partial charge in [0.25, 0.3) is 0 Å². The van der Waals surface area contributed by atoms with Gasteiger partial charge in [-0.15, -0.1) is 0 Å². The molecule has 6 rings (SSSR count). The van der Waals surface area contributed by atoms with E-state index in [0.29, 0.717) is 87.1 Å². The van der Waals surface area contributed by atoms with Crippen LogP contribution in [-0.2, 0) is 30.8 Å². The Morgan fingerprint density at radius 3 is 1.61 bits per heavy atom. The summed E-state index contributed by atoms with van der Waals surface area (Å²) in [6.45, 7) is 5.07. The van der Waals surface area contributed by atoms with Gasteiger partial charge in [-0.1, -0.05) is 64.5 Å². The lowest BCUT2D eigenvalue weighted by atomic mass is 10.1. The van der Waals surface area contributed by atoms with Crippen LogP contribution in [0.1, 0.15) is 31.8 Å². The number of methoxy groups -OCH3 is 4. The maximum absolute atomic E-state index is 13.2. The summed E-state index contributed by atoms with van der Waals surface area (Å²) in [4.78, 5) is 53.2. The minimum atomic E-state index is -0.436. The number of carbonyl (C=O) groups excluding carboxylic acids is 4. The van der Waals surface area contributed by atoms with E-state index in [1.165, 1.54) is 21.3 Å². The van der Waals surface area contributed by atoms with Crippen molar-refractivity contribution in [3.63, 3.8) is 0 Å². The predicted molar refractivity (Wildman–Crippen MR) is 220 cm³/mol. The summed E-state index contributed by atoms with van der Waals surface area (Å²) < 4.78 is 30.5. The molecule has 15 heteroatoms. The standard InChI is InChI=1S/C21H24N2O5.C11H14N2O2.C10H11BrO3/c1-26-19-14-16(20(24)27-2)8-9-17(19)15-23(18-6-4-3-5-7-18)21(25)22-10-12-28-13-11-22;14-11(13-6-8-15-9-7-13)12-10-4-2-1-3-5-10;1-13-9-5-7(10(12)14-2)3-4-8(9)6-11/h3-9,14H,10-13,15H2,1-2H3;1-5H,6-9H2,(H,12,14);3-5H,6H2,1-2H3. The van der Waals surface area contributed by atoms with Gasteiger partial charge in [0.2, 0.25) is 0 Å². The highest BCUT2D eigenvalue weighted by Gasteiger charge is 2.25. The zero-order valence-corrected chi connectivity index (χ0v) is 34.2. The fourth-order valence-electron chi connectivity index (χ4n) is 5.68. The lowest BCUT2D eigenvalue weighted by Crippen LogP contribution is -2.48. The number of nitrogens with zero attached hydrogens (tertiary/aromatic N) is 3. The third kappa shape index (κ3) is 13.2. The number of benzene rings is 4. The van der Waals surface area contributed by atoms with Gasteiger partial charge < -0.3 is 43.5 Å². The monoisotopic (exact) mass is 848 g/mol. The number of para-hydroxylation sites is 2. The molecular weight excluding hydrogens is 800 g/mol. The highest BCUT2D eigenvalue weighted by atomic mass is 79.9. The second kappa shape index (κ2) is 23.4. The van der Waals surface area contributed by atoms with Gasteiger partial charge in [0.1, 0.15) is 11.5 Å². The summed E-state index contributed by atoms with van der Waals surface area (Å²) in [6.07, 6.45) is 0. The van der Waals surface area contributed by atoms with Crippen LogP contribution in [0.5, 0.6) is 11.5 Å². The van der Waals surface area contributed by atoms with Crippen LogP contribution >= 0.6 is 15.9 Å². The van der Waals surface area contributed by atoms with Crippen LogP contribution in [0.4, 0.5) is 21.0 Å². The number of anilines is 2. The average Bonchev–Trinajstić information content (AvgIpc) is 3.28. The van der Waals surface area contributed by atoms with Crippen molar-refractivity contribution in [3.05, 3.63) is 119 Å². The van der Waals surface area contributed by atoms with Crippen LogP contribution < -0.4 is 19.7 Å². The van der Waals surface area contributed by atoms with Crippen molar-refractivity contribution in [2.24, 2.45) is 0 Å². The SMILES string of the molecule is COC(=O)c1ccc(CBr)c(OC)c1.COC(=O)c1ccc(CN(C(=O)N2CCOCC2)c2ccccc2)c(OC)c1.O=C(Nc1ccccc1)N1CCOCC1. The van der Waals surface area contributed by atoms with E-state index >= 15 is 0 Å². The molecule has 0 radical (unpaired) electrons. The summed E-state index contributed by atoms with van der Waals surface area (Å²) in [5.74, 6) is 0.418. The van der Waals surface area contributed by atoms with Gasteiger partial charge in [-0.2, -0.15) is 0 Å². The van der Waals surface area contributed by atoms with Crippen molar-refractivity contribution in [2.75, 3.05) is 91.3 Å². The lowest BCUT2D eigenvalue weighted by Gasteiger charge is -2.33. The Bertz CT molecular complexity index is 1890. The minimum absolute atomic E-state index is 0.0514. The van der Waals surface area contributed by atoms with Gasteiger partial charge in [0, 0.05) is 54.0 Å². The molecule has 0 saturated carbocycles. The largest absolute Gasteiger partial charge is 0.496 e. The van der Waals surface area contributed by atoms with Crippen molar-refractivity contribution >= 4 is 51.3 Å². The molecule has 57 heavy (non-hydrogen) atoms. The molecule has 2 fully saturated rings. The summed E-state index contributed by atoms with van der Waals surface area (Å²) in [7, 11) is 5.80. The molecule has 2 aliphatic heterocycles. The number of nitrogens with one attached hydrogen (secondary N) is 1. The number of hydrogen-bond donors (Lipinski definition) is 1. The molecule has 4 amide bonds. The molecule has 2 aliphatic rings. The Kier molecular flexibility index (Phi) is 18.1. The molecule has 4 aromatic rings. The average molecular weight is 850 g/mol. The number of carbonyl (C=O) groups is 4. The highest BCUT2D eigenvalue weighted by Crippen LogP contribution is 2.27. The first-order valence-corrected chi connectivity index (χ1v) is 19.3. The first-order chi connectivity index (χ1) is 27.7. The van der Waals surface area contributed by atoms with E-state index in [4.69, 9.17) is 23.7 Å². The summed E-state index contributed by atoms with van der Waals surface area (Å²) in [5.41, 5.74) is 4.30. The van der Waals surface area contributed by atoms with Gasteiger partial charge in [0.15, 0.2) is 0 Å². The molecule has 0 spiro atoms. The Morgan fingerprint density at radius 1 is 0.649 bits per heavy atom. The molecule has 304 valence electrons. The van der Waals surface area contributed by atoms with Crippen LogP contribution in [0.3, 0.4) is 0 Å². The molecule has 0 aromatic heterocycles. The summed E-state index contributed by atoms with van der Waals surface area (Å²) in [5, 5.41) is 3.54. The fraction of sp³-hybridized carbons (Fsp3) is 0.333.